The molecule has 0 radical (unpaired) electrons. The van der Waals surface area contributed by atoms with Gasteiger partial charge < -0.3 is 15.2 Å². The van der Waals surface area contributed by atoms with Crippen LogP contribution in [0.3, 0.4) is 0 Å². The Morgan fingerprint density at radius 2 is 1.63 bits per heavy atom. The molecule has 2 heterocycles. The first-order valence-electron chi connectivity index (χ1n) is 13.0. The van der Waals surface area contributed by atoms with Crippen molar-refractivity contribution in [1.29, 1.82) is 0 Å². The molecule has 6 heteroatoms. The van der Waals surface area contributed by atoms with Crippen molar-refractivity contribution in [2.75, 3.05) is 17.2 Å². The van der Waals surface area contributed by atoms with E-state index in [1.54, 1.807) is 0 Å². The molecule has 35 heavy (non-hydrogen) atoms. The number of aromatic nitrogens is 4. The lowest BCUT2D eigenvalue weighted by Gasteiger charge is -2.27. The SMILES string of the molecule is CC1CCC(Nc2nc(NCCc3ccc(-c4ccccc4)cc3)c3ncn(C(C)C)c3n2)CC1. The number of hydrogen-bond acceptors (Lipinski definition) is 5. The van der Waals surface area contributed by atoms with Gasteiger partial charge in [0.25, 0.3) is 0 Å². The monoisotopic (exact) mass is 468 g/mol. The maximum Gasteiger partial charge on any atom is 0.227 e. The van der Waals surface area contributed by atoms with E-state index in [2.05, 4.69) is 95.6 Å². The van der Waals surface area contributed by atoms with E-state index in [4.69, 9.17) is 9.97 Å². The Morgan fingerprint density at radius 3 is 2.34 bits per heavy atom. The molecule has 2 N–H and O–H groups in total. The minimum atomic E-state index is 0.286. The quantitative estimate of drug-likeness (QED) is 0.300. The molecule has 182 valence electrons. The fourth-order valence-electron chi connectivity index (χ4n) is 4.89. The van der Waals surface area contributed by atoms with Crippen LogP contribution in [0.5, 0.6) is 0 Å². The van der Waals surface area contributed by atoms with E-state index < -0.39 is 0 Å². The van der Waals surface area contributed by atoms with E-state index in [-0.39, 0.29) is 6.04 Å². The van der Waals surface area contributed by atoms with E-state index in [1.165, 1.54) is 42.4 Å². The molecule has 5 rings (SSSR count). The van der Waals surface area contributed by atoms with Crippen LogP contribution in [0.1, 0.15) is 58.1 Å². The van der Waals surface area contributed by atoms with Crippen molar-refractivity contribution in [3.8, 4) is 11.1 Å². The first kappa shape index (κ1) is 23.3. The summed E-state index contributed by atoms with van der Waals surface area (Å²) in [4.78, 5) is 14.4. The van der Waals surface area contributed by atoms with Gasteiger partial charge >= 0.3 is 0 Å². The Labute approximate surface area is 208 Å². The molecule has 0 saturated heterocycles. The Bertz CT molecular complexity index is 1240. The van der Waals surface area contributed by atoms with Gasteiger partial charge in [-0.2, -0.15) is 9.97 Å². The lowest BCUT2D eigenvalue weighted by atomic mass is 9.87. The summed E-state index contributed by atoms with van der Waals surface area (Å²) in [5.74, 6) is 2.33. The van der Waals surface area contributed by atoms with Crippen LogP contribution in [0.4, 0.5) is 11.8 Å². The van der Waals surface area contributed by atoms with Crippen molar-refractivity contribution in [1.82, 2.24) is 19.5 Å². The number of fused-ring (bicyclic) bond motifs is 1. The van der Waals surface area contributed by atoms with E-state index >= 15 is 0 Å². The number of anilines is 2. The van der Waals surface area contributed by atoms with Gasteiger partial charge in [0.15, 0.2) is 17.0 Å². The summed E-state index contributed by atoms with van der Waals surface area (Å²) in [6.07, 6.45) is 7.66. The van der Waals surface area contributed by atoms with E-state index in [0.29, 0.717) is 12.0 Å². The van der Waals surface area contributed by atoms with Crippen LogP contribution in [-0.4, -0.2) is 32.1 Å². The van der Waals surface area contributed by atoms with Gasteiger partial charge in [0, 0.05) is 18.6 Å². The topological polar surface area (TPSA) is 67.7 Å². The normalized spacial score (nSPS) is 18.2. The second kappa shape index (κ2) is 10.5. The van der Waals surface area contributed by atoms with E-state index in [0.717, 1.165) is 35.9 Å². The molecule has 2 aromatic carbocycles. The van der Waals surface area contributed by atoms with Crippen LogP contribution in [0.15, 0.2) is 60.9 Å². The Kier molecular flexibility index (Phi) is 6.98. The van der Waals surface area contributed by atoms with Crippen molar-refractivity contribution in [2.24, 2.45) is 5.92 Å². The van der Waals surface area contributed by atoms with Gasteiger partial charge in [-0.25, -0.2) is 4.98 Å². The van der Waals surface area contributed by atoms with Gasteiger partial charge in [-0.1, -0.05) is 61.5 Å². The minimum Gasteiger partial charge on any atom is -0.368 e. The minimum absolute atomic E-state index is 0.286. The third kappa shape index (κ3) is 5.47. The van der Waals surface area contributed by atoms with Crippen LogP contribution in [0.25, 0.3) is 22.3 Å². The molecule has 4 aromatic rings. The molecule has 1 saturated carbocycles. The third-order valence-corrected chi connectivity index (χ3v) is 7.09. The van der Waals surface area contributed by atoms with Gasteiger partial charge in [-0.05, 0) is 68.6 Å². The smallest absolute Gasteiger partial charge is 0.227 e. The standard InChI is InChI=1S/C29H36N6/c1-20(2)35-19-31-26-27(33-29(34-28(26)35)32-25-15-9-21(3)10-16-25)30-18-17-22-11-13-24(14-12-22)23-7-5-4-6-8-23/h4-8,11-14,19-21,25H,9-10,15-18H2,1-3H3,(H2,30,32,33,34). The number of nitrogens with one attached hydrogen (secondary N) is 2. The lowest BCUT2D eigenvalue weighted by molar-refractivity contribution is 0.360. The zero-order chi connectivity index (χ0) is 24.2. The molecule has 6 nitrogen and oxygen atoms in total. The molecule has 0 amide bonds. The van der Waals surface area contributed by atoms with Gasteiger partial charge in [0.2, 0.25) is 5.95 Å². The van der Waals surface area contributed by atoms with Crippen molar-refractivity contribution >= 4 is 22.9 Å². The highest BCUT2D eigenvalue weighted by atomic mass is 15.2. The van der Waals surface area contributed by atoms with Gasteiger partial charge in [0.05, 0.1) is 6.33 Å². The second-order valence-electron chi connectivity index (χ2n) is 10.2. The first-order chi connectivity index (χ1) is 17.1. The van der Waals surface area contributed by atoms with Crippen molar-refractivity contribution < 1.29 is 0 Å². The van der Waals surface area contributed by atoms with Gasteiger partial charge in [0.1, 0.15) is 0 Å². The summed E-state index contributed by atoms with van der Waals surface area (Å²) in [6.45, 7) is 7.44. The highest BCUT2D eigenvalue weighted by Gasteiger charge is 2.21. The predicted octanol–water partition coefficient (Wildman–Crippen LogP) is 6.72. The molecule has 0 bridgehead atoms. The molecule has 0 atom stereocenters. The summed E-state index contributed by atoms with van der Waals surface area (Å²) in [5.41, 5.74) is 5.50. The average Bonchev–Trinajstić information content (AvgIpc) is 3.31. The number of hydrogen-bond donors (Lipinski definition) is 2. The predicted molar refractivity (Wildman–Crippen MR) is 145 cm³/mol. The maximum atomic E-state index is 4.87. The zero-order valence-electron chi connectivity index (χ0n) is 21.0. The summed E-state index contributed by atoms with van der Waals surface area (Å²) in [6, 6.07) is 20.0. The molecule has 1 fully saturated rings. The van der Waals surface area contributed by atoms with Gasteiger partial charge in [-0.15, -0.1) is 0 Å². The second-order valence-corrected chi connectivity index (χ2v) is 10.2. The zero-order valence-corrected chi connectivity index (χ0v) is 21.0. The van der Waals surface area contributed by atoms with Crippen LogP contribution in [0.2, 0.25) is 0 Å². The fourth-order valence-corrected chi connectivity index (χ4v) is 4.89. The summed E-state index contributed by atoms with van der Waals surface area (Å²) < 4.78 is 2.12. The molecular weight excluding hydrogens is 432 g/mol. The molecule has 0 spiro atoms. The summed E-state index contributed by atoms with van der Waals surface area (Å²) in [7, 11) is 0. The Hall–Kier alpha value is -3.41. The highest BCUT2D eigenvalue weighted by molar-refractivity contribution is 5.84. The van der Waals surface area contributed by atoms with Crippen molar-refractivity contribution in [3.63, 3.8) is 0 Å². The fraction of sp³-hybridized carbons (Fsp3) is 0.414. The molecular formula is C29H36N6. The van der Waals surface area contributed by atoms with Crippen molar-refractivity contribution in [2.45, 2.75) is 65.0 Å². The lowest BCUT2D eigenvalue weighted by Crippen LogP contribution is -2.26. The number of nitrogens with zero attached hydrogens (tertiary/aromatic N) is 4. The molecule has 0 aliphatic heterocycles. The number of imidazole rings is 1. The largest absolute Gasteiger partial charge is 0.368 e. The maximum absolute atomic E-state index is 4.87. The van der Waals surface area contributed by atoms with Gasteiger partial charge in [-0.3, -0.25) is 0 Å². The Balaban J connectivity index is 1.30. The highest BCUT2D eigenvalue weighted by Crippen LogP contribution is 2.28. The summed E-state index contributed by atoms with van der Waals surface area (Å²) >= 11 is 0. The third-order valence-electron chi connectivity index (χ3n) is 7.09. The van der Waals surface area contributed by atoms with Crippen LogP contribution in [-0.2, 0) is 6.42 Å². The molecule has 1 aliphatic carbocycles. The average molecular weight is 469 g/mol. The molecule has 0 unspecified atom stereocenters. The first-order valence-corrected chi connectivity index (χ1v) is 13.0. The molecule has 1 aliphatic rings. The Morgan fingerprint density at radius 1 is 0.914 bits per heavy atom. The number of benzene rings is 2. The van der Waals surface area contributed by atoms with Crippen LogP contribution in [0, 0.1) is 5.92 Å². The van der Waals surface area contributed by atoms with E-state index in [9.17, 15) is 0 Å². The molecule has 2 aromatic heterocycles. The summed E-state index contributed by atoms with van der Waals surface area (Å²) in [5, 5.41) is 7.17. The number of rotatable bonds is 8. The van der Waals surface area contributed by atoms with E-state index in [1.807, 2.05) is 6.33 Å². The van der Waals surface area contributed by atoms with Crippen molar-refractivity contribution in [3.05, 3.63) is 66.5 Å². The van der Waals surface area contributed by atoms with Crippen LogP contribution >= 0.6 is 0 Å². The van der Waals surface area contributed by atoms with Crippen LogP contribution < -0.4 is 10.6 Å².